The predicted octanol–water partition coefficient (Wildman–Crippen LogP) is 3.15. The summed E-state index contributed by atoms with van der Waals surface area (Å²) in [6.07, 6.45) is 5.17. The zero-order chi connectivity index (χ0) is 18.0. The lowest BCUT2D eigenvalue weighted by Crippen LogP contribution is -2.31. The van der Waals surface area contributed by atoms with Gasteiger partial charge in [-0.05, 0) is 55.0 Å². The molecule has 0 amide bonds. The third kappa shape index (κ3) is 4.03. The number of halogens is 1. The van der Waals surface area contributed by atoms with Crippen LogP contribution < -0.4 is 4.72 Å². The van der Waals surface area contributed by atoms with E-state index >= 15 is 0 Å². The lowest BCUT2D eigenvalue weighted by Gasteiger charge is -2.18. The lowest BCUT2D eigenvalue weighted by molar-refractivity contribution is 0.529. The minimum absolute atomic E-state index is 0.0144. The Labute approximate surface area is 146 Å². The van der Waals surface area contributed by atoms with E-state index in [1.54, 1.807) is 31.5 Å². The van der Waals surface area contributed by atoms with Gasteiger partial charge in [0.2, 0.25) is 10.0 Å². The molecule has 1 aliphatic rings. The summed E-state index contributed by atoms with van der Waals surface area (Å²) in [6.45, 7) is 1.60. The summed E-state index contributed by atoms with van der Waals surface area (Å²) < 4.78 is 40.6. The minimum atomic E-state index is -3.34. The molecule has 2 aromatic rings. The van der Waals surface area contributed by atoms with Gasteiger partial charge >= 0.3 is 0 Å². The monoisotopic (exact) mass is 359 g/mol. The molecule has 1 fully saturated rings. The average molecular weight is 359 g/mol. The Morgan fingerprint density at radius 1 is 1.32 bits per heavy atom. The molecule has 0 saturated heterocycles. The van der Waals surface area contributed by atoms with Gasteiger partial charge in [0.15, 0.2) is 0 Å². The zero-order valence-corrected chi connectivity index (χ0v) is 14.6. The summed E-state index contributed by atoms with van der Waals surface area (Å²) in [5.41, 5.74) is 2.03. The number of benzene rings is 1. The van der Waals surface area contributed by atoms with Crippen LogP contribution in [0, 0.1) is 23.1 Å². The van der Waals surface area contributed by atoms with E-state index in [2.05, 4.69) is 9.71 Å². The maximum absolute atomic E-state index is 13.9. The largest absolute Gasteiger partial charge is 0.264 e. The molecule has 0 radical (unpaired) electrons. The second kappa shape index (κ2) is 6.90. The fourth-order valence-corrected chi connectivity index (χ4v) is 3.60. The van der Waals surface area contributed by atoms with E-state index in [1.807, 2.05) is 6.07 Å². The summed E-state index contributed by atoms with van der Waals surface area (Å²) in [4.78, 5) is 4.20. The number of hydrogen-bond donors (Lipinski definition) is 1. The molecule has 0 bridgehead atoms. The molecule has 25 heavy (non-hydrogen) atoms. The summed E-state index contributed by atoms with van der Waals surface area (Å²) in [7, 11) is -3.34. The number of nitriles is 1. The molecule has 0 spiro atoms. The van der Waals surface area contributed by atoms with Gasteiger partial charge in [-0.1, -0.05) is 6.07 Å². The van der Waals surface area contributed by atoms with Crippen molar-refractivity contribution in [2.45, 2.75) is 25.8 Å². The molecule has 1 aromatic carbocycles. The smallest absolute Gasteiger partial charge is 0.211 e. The van der Waals surface area contributed by atoms with Crippen molar-refractivity contribution in [2.75, 3.05) is 5.75 Å². The van der Waals surface area contributed by atoms with Gasteiger partial charge in [-0.25, -0.2) is 17.5 Å². The van der Waals surface area contributed by atoms with Crippen LogP contribution >= 0.6 is 0 Å². The van der Waals surface area contributed by atoms with E-state index in [0.717, 1.165) is 18.4 Å². The molecular formula is C18H18FN3O2S. The Bertz CT molecular complexity index is 934. The van der Waals surface area contributed by atoms with Crippen LogP contribution in [0.3, 0.4) is 0 Å². The fourth-order valence-electron chi connectivity index (χ4n) is 2.71. The highest BCUT2D eigenvalue weighted by molar-refractivity contribution is 7.89. The Hall–Kier alpha value is -2.30. The highest BCUT2D eigenvalue weighted by atomic mass is 32.2. The summed E-state index contributed by atoms with van der Waals surface area (Å²) in [5, 5.41) is 8.83. The summed E-state index contributed by atoms with van der Waals surface area (Å²) >= 11 is 0. The van der Waals surface area contributed by atoms with Crippen LogP contribution in [0.2, 0.25) is 0 Å². The predicted molar refractivity (Wildman–Crippen MR) is 92.4 cm³/mol. The molecule has 0 unspecified atom stereocenters. The van der Waals surface area contributed by atoms with E-state index in [-0.39, 0.29) is 23.3 Å². The normalized spacial score (nSPS) is 15.6. The van der Waals surface area contributed by atoms with Crippen molar-refractivity contribution in [3.05, 3.63) is 53.6 Å². The minimum Gasteiger partial charge on any atom is -0.264 e. The molecule has 1 saturated carbocycles. The van der Waals surface area contributed by atoms with Crippen molar-refractivity contribution in [3.8, 4) is 17.2 Å². The quantitative estimate of drug-likeness (QED) is 0.859. The molecule has 5 nitrogen and oxygen atoms in total. The number of rotatable bonds is 6. The van der Waals surface area contributed by atoms with Crippen LogP contribution in [0.25, 0.3) is 11.1 Å². The first-order valence-corrected chi connectivity index (χ1v) is 9.73. The molecule has 1 N–H and O–H groups in total. The van der Waals surface area contributed by atoms with Gasteiger partial charge in [-0.3, -0.25) is 4.98 Å². The van der Waals surface area contributed by atoms with Gasteiger partial charge in [-0.2, -0.15) is 5.26 Å². The number of aromatic nitrogens is 1. The van der Waals surface area contributed by atoms with Crippen molar-refractivity contribution in [1.29, 1.82) is 5.26 Å². The van der Waals surface area contributed by atoms with E-state index < -0.39 is 15.8 Å². The maximum Gasteiger partial charge on any atom is 0.211 e. The van der Waals surface area contributed by atoms with Crippen molar-refractivity contribution in [2.24, 2.45) is 5.92 Å². The van der Waals surface area contributed by atoms with E-state index in [0.29, 0.717) is 11.1 Å². The van der Waals surface area contributed by atoms with Gasteiger partial charge in [0, 0.05) is 18.0 Å². The number of nitrogens with zero attached hydrogens (tertiary/aromatic N) is 2. The second-order valence-corrected chi connectivity index (χ2v) is 8.19. The number of sulfonamides is 1. The third-order valence-corrected chi connectivity index (χ3v) is 5.69. The molecule has 1 atom stereocenters. The first-order chi connectivity index (χ1) is 11.9. The van der Waals surface area contributed by atoms with Gasteiger partial charge in [0.05, 0.1) is 17.4 Å². The molecular weight excluding hydrogens is 341 g/mol. The van der Waals surface area contributed by atoms with Crippen LogP contribution in [-0.4, -0.2) is 19.2 Å². The first-order valence-electron chi connectivity index (χ1n) is 8.08. The Morgan fingerprint density at radius 3 is 2.68 bits per heavy atom. The topological polar surface area (TPSA) is 82.8 Å². The molecule has 1 heterocycles. The summed E-state index contributed by atoms with van der Waals surface area (Å²) in [6, 6.07) is 7.68. The SMILES string of the molecule is CCS(=O)(=O)N[C@H](c1cncc(-c2ccc(C#N)c(F)c2)c1)C1CC1. The molecule has 1 aliphatic carbocycles. The van der Waals surface area contributed by atoms with E-state index in [1.165, 1.54) is 12.1 Å². The second-order valence-electron chi connectivity index (χ2n) is 6.15. The summed E-state index contributed by atoms with van der Waals surface area (Å²) in [5.74, 6) is -0.309. The Morgan fingerprint density at radius 2 is 2.08 bits per heavy atom. The molecule has 7 heteroatoms. The van der Waals surface area contributed by atoms with Gasteiger partial charge < -0.3 is 0 Å². The molecule has 130 valence electrons. The van der Waals surface area contributed by atoms with Crippen molar-refractivity contribution in [3.63, 3.8) is 0 Å². The Balaban J connectivity index is 1.95. The van der Waals surface area contributed by atoms with Crippen molar-refractivity contribution >= 4 is 10.0 Å². The van der Waals surface area contributed by atoms with Crippen molar-refractivity contribution in [1.82, 2.24) is 9.71 Å². The number of nitrogens with one attached hydrogen (secondary N) is 1. The van der Waals surface area contributed by atoms with Gasteiger partial charge in [0.25, 0.3) is 0 Å². The van der Waals surface area contributed by atoms with Crippen LogP contribution in [0.4, 0.5) is 4.39 Å². The highest BCUT2D eigenvalue weighted by Gasteiger charge is 2.35. The fraction of sp³-hybridized carbons (Fsp3) is 0.333. The number of hydrogen-bond acceptors (Lipinski definition) is 4. The first kappa shape index (κ1) is 17.5. The van der Waals surface area contributed by atoms with Crippen molar-refractivity contribution < 1.29 is 12.8 Å². The zero-order valence-electron chi connectivity index (χ0n) is 13.7. The van der Waals surface area contributed by atoms with E-state index in [4.69, 9.17) is 5.26 Å². The average Bonchev–Trinajstić information content (AvgIpc) is 3.45. The van der Waals surface area contributed by atoms with Crippen LogP contribution in [-0.2, 0) is 10.0 Å². The maximum atomic E-state index is 13.9. The number of pyridine rings is 1. The standard InChI is InChI=1S/C18H18FN3O2S/c1-2-25(23,24)22-18(12-3-4-12)16-7-15(10-21-11-16)13-5-6-14(9-20)17(19)8-13/h5-8,10-12,18,22H,2-4H2,1H3/t18-/m0/s1. The van der Waals surface area contributed by atoms with E-state index in [9.17, 15) is 12.8 Å². The molecule has 0 aliphatic heterocycles. The third-order valence-electron chi connectivity index (χ3n) is 4.32. The van der Waals surface area contributed by atoms with Crippen LogP contribution in [0.15, 0.2) is 36.7 Å². The molecule has 3 rings (SSSR count). The lowest BCUT2D eigenvalue weighted by atomic mass is 10.00. The van der Waals surface area contributed by atoms with Gasteiger partial charge in [0.1, 0.15) is 11.9 Å². The van der Waals surface area contributed by atoms with Crippen LogP contribution in [0.5, 0.6) is 0 Å². The highest BCUT2D eigenvalue weighted by Crippen LogP contribution is 2.41. The Kier molecular flexibility index (Phi) is 4.84. The molecule has 1 aromatic heterocycles. The van der Waals surface area contributed by atoms with Crippen LogP contribution in [0.1, 0.15) is 36.9 Å². The van der Waals surface area contributed by atoms with Gasteiger partial charge in [-0.15, -0.1) is 0 Å².